The van der Waals surface area contributed by atoms with Gasteiger partial charge in [-0.25, -0.2) is 8.42 Å². The van der Waals surface area contributed by atoms with Crippen LogP contribution in [0.5, 0.6) is 0 Å². The molecule has 0 aromatic carbocycles. The molecule has 0 aliphatic heterocycles. The molecule has 0 saturated carbocycles. The third kappa shape index (κ3) is 3.83. The predicted octanol–water partition coefficient (Wildman–Crippen LogP) is 2.12. The van der Waals surface area contributed by atoms with Crippen molar-refractivity contribution < 1.29 is 40.0 Å². The highest BCUT2D eigenvalue weighted by atomic mass is 32.2. The number of allylic oxidation sites excluding steroid dienone is 1. The van der Waals surface area contributed by atoms with Crippen LogP contribution in [0.15, 0.2) is 11.6 Å². The third-order valence-corrected chi connectivity index (χ3v) is 4.10. The second-order valence-corrected chi connectivity index (χ2v) is 5.92. The Morgan fingerprint density at radius 3 is 2.11 bits per heavy atom. The zero-order valence-electron chi connectivity index (χ0n) is 9.09. The molecule has 1 rings (SSSR count). The maximum atomic E-state index is 12.5. The topological polar surface area (TPSA) is 66.4 Å². The van der Waals surface area contributed by atoms with E-state index in [0.717, 1.165) is 4.89 Å². The van der Waals surface area contributed by atoms with Crippen molar-refractivity contribution >= 4 is 10.0 Å². The van der Waals surface area contributed by atoms with Gasteiger partial charge in [-0.15, -0.1) is 0 Å². The Morgan fingerprint density at radius 1 is 1.21 bits per heavy atom. The molecule has 0 heterocycles. The van der Waals surface area contributed by atoms with Crippen molar-refractivity contribution in [1.82, 2.24) is 4.89 Å². The van der Waals surface area contributed by atoms with Crippen molar-refractivity contribution in [3.8, 4) is 0 Å². The first-order chi connectivity index (χ1) is 8.38. The summed E-state index contributed by atoms with van der Waals surface area (Å²) in [5, 5.41) is 6.21. The van der Waals surface area contributed by atoms with Crippen LogP contribution in [0, 0.1) is 5.92 Å². The Bertz CT molecular complexity index is 466. The second kappa shape index (κ2) is 4.94. The highest BCUT2D eigenvalue weighted by molar-refractivity contribution is 7.90. The number of hydrogen-bond donors (Lipinski definition) is 2. The molecule has 1 aliphatic carbocycles. The van der Waals surface area contributed by atoms with Gasteiger partial charge in [0.15, 0.2) is 0 Å². The van der Waals surface area contributed by atoms with Crippen LogP contribution in [0.4, 0.5) is 26.3 Å². The minimum Gasteiger partial charge on any atom is -0.302 e. The summed E-state index contributed by atoms with van der Waals surface area (Å²) in [5.41, 5.74) is -1.56. The van der Waals surface area contributed by atoms with Crippen LogP contribution in [0.3, 0.4) is 0 Å². The average Bonchev–Trinajstić information content (AvgIpc) is 2.26. The summed E-state index contributed by atoms with van der Waals surface area (Å²) in [5.74, 6) is -2.43. The summed E-state index contributed by atoms with van der Waals surface area (Å²) >= 11 is 0. The zero-order valence-corrected chi connectivity index (χ0v) is 9.90. The standard InChI is InChI=1S/C8H9F6NO3S/c9-7(10,11)4-1-5(8(12,13)14)3-6(2-4)19(17,18)15-16/h2,5-6,15-16H,1,3H2. The van der Waals surface area contributed by atoms with E-state index in [4.69, 9.17) is 5.21 Å². The lowest BCUT2D eigenvalue weighted by Gasteiger charge is -2.30. The van der Waals surface area contributed by atoms with Gasteiger partial charge < -0.3 is 5.21 Å². The van der Waals surface area contributed by atoms with Crippen LogP contribution in [0.2, 0.25) is 0 Å². The van der Waals surface area contributed by atoms with E-state index < -0.39 is 52.0 Å². The molecule has 0 radical (unpaired) electrons. The number of halogens is 6. The lowest BCUT2D eigenvalue weighted by molar-refractivity contribution is -0.181. The van der Waals surface area contributed by atoms with Crippen LogP contribution in [-0.4, -0.2) is 31.2 Å². The highest BCUT2D eigenvalue weighted by Gasteiger charge is 2.49. The fourth-order valence-corrected chi connectivity index (χ4v) is 2.70. The molecule has 19 heavy (non-hydrogen) atoms. The minimum atomic E-state index is -5.05. The summed E-state index contributed by atoms with van der Waals surface area (Å²) in [6.45, 7) is 0. The zero-order chi connectivity index (χ0) is 15.1. The molecule has 0 aromatic heterocycles. The molecular weight excluding hydrogens is 304 g/mol. The van der Waals surface area contributed by atoms with Crippen LogP contribution in [0.25, 0.3) is 0 Å². The number of hydrogen-bond acceptors (Lipinski definition) is 3. The van der Waals surface area contributed by atoms with E-state index in [1.165, 1.54) is 0 Å². The number of nitrogens with one attached hydrogen (secondary N) is 1. The van der Waals surface area contributed by atoms with Gasteiger partial charge in [0.05, 0.1) is 11.2 Å². The molecule has 1 aliphatic rings. The van der Waals surface area contributed by atoms with Gasteiger partial charge in [-0.05, 0) is 12.8 Å². The van der Waals surface area contributed by atoms with Crippen LogP contribution in [-0.2, 0) is 10.0 Å². The summed E-state index contributed by atoms with van der Waals surface area (Å²) in [4.78, 5) is 0.748. The fourth-order valence-electron chi connectivity index (χ4n) is 1.73. The lowest BCUT2D eigenvalue weighted by Crippen LogP contribution is -2.40. The van der Waals surface area contributed by atoms with Gasteiger partial charge >= 0.3 is 12.4 Å². The lowest BCUT2D eigenvalue weighted by atomic mass is 9.87. The Labute approximate surface area is 104 Å². The average molecular weight is 313 g/mol. The van der Waals surface area contributed by atoms with Gasteiger partial charge in [0.1, 0.15) is 0 Å². The maximum Gasteiger partial charge on any atom is 0.412 e. The van der Waals surface area contributed by atoms with Gasteiger partial charge in [0.2, 0.25) is 10.0 Å². The second-order valence-electron chi connectivity index (χ2n) is 4.04. The molecule has 0 fully saturated rings. The molecule has 0 bridgehead atoms. The first kappa shape index (κ1) is 16.2. The van der Waals surface area contributed by atoms with Crippen LogP contribution >= 0.6 is 0 Å². The predicted molar refractivity (Wildman–Crippen MR) is 50.5 cm³/mol. The van der Waals surface area contributed by atoms with E-state index >= 15 is 0 Å². The van der Waals surface area contributed by atoms with Crippen molar-refractivity contribution in [2.45, 2.75) is 30.4 Å². The van der Waals surface area contributed by atoms with Crippen molar-refractivity contribution in [2.24, 2.45) is 5.92 Å². The normalized spacial score (nSPS) is 26.2. The van der Waals surface area contributed by atoms with E-state index in [2.05, 4.69) is 0 Å². The largest absolute Gasteiger partial charge is 0.412 e. The quantitative estimate of drug-likeness (QED) is 0.466. The van der Waals surface area contributed by atoms with Gasteiger partial charge in [-0.3, -0.25) is 0 Å². The maximum absolute atomic E-state index is 12.5. The number of alkyl halides is 6. The third-order valence-electron chi connectivity index (χ3n) is 2.72. The molecule has 0 amide bonds. The summed E-state index contributed by atoms with van der Waals surface area (Å²) < 4.78 is 97.2. The van der Waals surface area contributed by atoms with E-state index in [-0.39, 0.29) is 6.08 Å². The van der Waals surface area contributed by atoms with Gasteiger partial charge in [-0.1, -0.05) is 11.0 Å². The van der Waals surface area contributed by atoms with Crippen molar-refractivity contribution in [2.75, 3.05) is 0 Å². The van der Waals surface area contributed by atoms with E-state index in [1.807, 2.05) is 0 Å². The first-order valence-electron chi connectivity index (χ1n) is 4.87. The van der Waals surface area contributed by atoms with Crippen LogP contribution < -0.4 is 4.89 Å². The Hall–Kier alpha value is -0.810. The molecule has 112 valence electrons. The molecule has 2 atom stereocenters. The van der Waals surface area contributed by atoms with E-state index in [0.29, 0.717) is 0 Å². The van der Waals surface area contributed by atoms with Crippen LogP contribution in [0.1, 0.15) is 12.8 Å². The van der Waals surface area contributed by atoms with E-state index in [1.54, 1.807) is 0 Å². The first-order valence-corrected chi connectivity index (χ1v) is 6.42. The van der Waals surface area contributed by atoms with Gasteiger partial charge in [0, 0.05) is 5.57 Å². The Morgan fingerprint density at radius 2 is 1.74 bits per heavy atom. The summed E-state index contributed by atoms with van der Waals surface area (Å²) in [6, 6.07) is 0. The highest BCUT2D eigenvalue weighted by Crippen LogP contribution is 2.43. The fraction of sp³-hybridized carbons (Fsp3) is 0.750. The molecular formula is C8H9F6NO3S. The van der Waals surface area contributed by atoms with Crippen molar-refractivity contribution in [3.05, 3.63) is 11.6 Å². The molecule has 4 nitrogen and oxygen atoms in total. The van der Waals surface area contributed by atoms with Crippen molar-refractivity contribution in [3.63, 3.8) is 0 Å². The smallest absolute Gasteiger partial charge is 0.302 e. The van der Waals surface area contributed by atoms with Gasteiger partial charge in [0.25, 0.3) is 0 Å². The minimum absolute atomic E-state index is 0.195. The number of rotatable bonds is 2. The SMILES string of the molecule is O=S(=O)(NO)C1C=C(C(F)(F)F)CC(C(F)(F)F)C1. The van der Waals surface area contributed by atoms with Crippen molar-refractivity contribution in [1.29, 1.82) is 0 Å². The summed E-state index contributed by atoms with van der Waals surface area (Å²) in [7, 11) is -4.68. The van der Waals surface area contributed by atoms with E-state index in [9.17, 15) is 34.8 Å². The summed E-state index contributed by atoms with van der Waals surface area (Å²) in [6.07, 6.45) is -12.2. The molecule has 0 saturated heterocycles. The molecule has 0 aromatic rings. The number of sulfonamides is 1. The molecule has 2 N–H and O–H groups in total. The molecule has 0 spiro atoms. The molecule has 11 heteroatoms. The molecule has 2 unspecified atom stereocenters. The Balaban J connectivity index is 3.19. The Kier molecular flexibility index (Phi) is 4.23. The monoisotopic (exact) mass is 313 g/mol. The van der Waals surface area contributed by atoms with Gasteiger partial charge in [-0.2, -0.15) is 26.3 Å².